The number of methoxy groups -OCH3 is 1. The van der Waals surface area contributed by atoms with Crippen LogP contribution in [0.3, 0.4) is 0 Å². The van der Waals surface area contributed by atoms with Gasteiger partial charge in [-0.1, -0.05) is 59.5 Å². The van der Waals surface area contributed by atoms with Crippen molar-refractivity contribution in [1.29, 1.82) is 5.26 Å². The van der Waals surface area contributed by atoms with Crippen LogP contribution in [0.25, 0.3) is 0 Å². The number of aromatic nitrogens is 2. The van der Waals surface area contributed by atoms with E-state index in [0.717, 1.165) is 12.1 Å². The summed E-state index contributed by atoms with van der Waals surface area (Å²) in [6.07, 6.45) is -2.89. The number of hydrogen-bond donors (Lipinski definition) is 1. The van der Waals surface area contributed by atoms with Crippen molar-refractivity contribution >= 4 is 34.0 Å². The van der Waals surface area contributed by atoms with Crippen LogP contribution in [-0.2, 0) is 16.7 Å². The van der Waals surface area contributed by atoms with E-state index >= 15 is 0 Å². The second-order valence-electron chi connectivity index (χ2n) is 8.90. The zero-order valence-electron chi connectivity index (χ0n) is 20.7. The molecule has 3 aromatic rings. The minimum Gasteiger partial charge on any atom is -0.496 e. The number of rotatable bonds is 6. The summed E-state index contributed by atoms with van der Waals surface area (Å²) in [5.74, 6) is 0.225. The Morgan fingerprint density at radius 2 is 2.00 bits per heavy atom. The summed E-state index contributed by atoms with van der Waals surface area (Å²) in [5, 5.41) is 19.0. The van der Waals surface area contributed by atoms with Gasteiger partial charge in [0.1, 0.15) is 11.6 Å². The standard InChI is InChI=1S/C27H22F3N5O2S2/c1-37-21-11-3-2-8-17(21)22-18(13-31)24(32)35(19-9-5-10-20(36)23(19)22)25-33-34-26(39-25)38-14-15-6-4-7-16(12-15)27(28,29)30/h2-4,6-8,11-12,22H,5,9-10,14,32H2,1H3/t22-/m1/s1. The molecule has 1 atom stereocenters. The molecular formula is C27H22F3N5O2S2. The molecule has 0 amide bonds. The summed E-state index contributed by atoms with van der Waals surface area (Å²) in [6, 6.07) is 14.6. The van der Waals surface area contributed by atoms with Gasteiger partial charge in [-0.3, -0.25) is 9.69 Å². The molecule has 2 aliphatic rings. The molecule has 200 valence electrons. The molecule has 39 heavy (non-hydrogen) atoms. The van der Waals surface area contributed by atoms with Crippen LogP contribution in [0.15, 0.2) is 75.5 Å². The van der Waals surface area contributed by atoms with Crippen LogP contribution >= 0.6 is 23.1 Å². The zero-order chi connectivity index (χ0) is 27.7. The number of ketones is 1. The Hall–Kier alpha value is -3.82. The first-order valence-corrected chi connectivity index (χ1v) is 13.7. The van der Waals surface area contributed by atoms with E-state index in [4.69, 9.17) is 10.5 Å². The largest absolute Gasteiger partial charge is 0.496 e. The van der Waals surface area contributed by atoms with Crippen molar-refractivity contribution in [2.24, 2.45) is 5.73 Å². The number of carbonyl (C=O) groups is 1. The Morgan fingerprint density at radius 3 is 2.74 bits per heavy atom. The van der Waals surface area contributed by atoms with Crippen LogP contribution in [-0.4, -0.2) is 23.1 Å². The number of para-hydroxylation sites is 1. The SMILES string of the molecule is COc1ccccc1[C@@H]1C(C#N)=C(N)N(c2nnc(SCc3cccc(C(F)(F)F)c3)s2)C2=C1C(=O)CCC2. The number of hydrogen-bond acceptors (Lipinski definition) is 9. The van der Waals surface area contributed by atoms with Gasteiger partial charge in [-0.25, -0.2) is 0 Å². The van der Waals surface area contributed by atoms with Crippen molar-refractivity contribution in [3.05, 3.63) is 87.9 Å². The van der Waals surface area contributed by atoms with E-state index in [0.29, 0.717) is 56.9 Å². The molecule has 2 heterocycles. The van der Waals surface area contributed by atoms with Crippen molar-refractivity contribution in [1.82, 2.24) is 10.2 Å². The number of Topliss-reactive ketones (excluding diaryl/α,β-unsaturated/α-hetero) is 1. The average molecular weight is 570 g/mol. The van der Waals surface area contributed by atoms with E-state index in [2.05, 4.69) is 16.3 Å². The molecule has 2 aromatic carbocycles. The average Bonchev–Trinajstić information content (AvgIpc) is 3.39. The van der Waals surface area contributed by atoms with E-state index in [-0.39, 0.29) is 22.9 Å². The fourth-order valence-corrected chi connectivity index (χ4v) is 6.68. The molecule has 0 bridgehead atoms. The number of allylic oxidation sites excluding steroid dienone is 3. The molecule has 1 aliphatic heterocycles. The number of alkyl halides is 3. The van der Waals surface area contributed by atoms with E-state index < -0.39 is 17.7 Å². The van der Waals surface area contributed by atoms with Gasteiger partial charge in [-0.15, -0.1) is 10.2 Å². The van der Waals surface area contributed by atoms with Gasteiger partial charge in [0.2, 0.25) is 5.13 Å². The Labute approximate surface area is 230 Å². The summed E-state index contributed by atoms with van der Waals surface area (Å²) in [4.78, 5) is 14.9. The quantitative estimate of drug-likeness (QED) is 0.352. The van der Waals surface area contributed by atoms with Gasteiger partial charge in [0.05, 0.1) is 30.2 Å². The Balaban J connectivity index is 1.50. The third-order valence-electron chi connectivity index (χ3n) is 6.57. The number of nitrogens with zero attached hydrogens (tertiary/aromatic N) is 4. The Bertz CT molecular complexity index is 1540. The second-order valence-corrected chi connectivity index (χ2v) is 11.1. The van der Waals surface area contributed by atoms with Crippen LogP contribution < -0.4 is 15.4 Å². The summed E-state index contributed by atoms with van der Waals surface area (Å²) >= 11 is 2.44. The van der Waals surface area contributed by atoms with Crippen molar-refractivity contribution in [2.75, 3.05) is 12.0 Å². The highest BCUT2D eigenvalue weighted by atomic mass is 32.2. The van der Waals surface area contributed by atoms with Crippen LogP contribution in [0.1, 0.15) is 41.9 Å². The number of halogens is 3. The third kappa shape index (κ3) is 5.12. The monoisotopic (exact) mass is 569 g/mol. The highest BCUT2D eigenvalue weighted by Crippen LogP contribution is 2.49. The van der Waals surface area contributed by atoms with Gasteiger partial charge >= 0.3 is 6.18 Å². The molecular weight excluding hydrogens is 547 g/mol. The zero-order valence-corrected chi connectivity index (χ0v) is 22.3. The molecule has 1 aliphatic carbocycles. The van der Waals surface area contributed by atoms with Crippen LogP contribution in [0.2, 0.25) is 0 Å². The highest BCUT2D eigenvalue weighted by molar-refractivity contribution is 8.00. The third-order valence-corrected chi connectivity index (χ3v) is 8.68. The molecule has 5 rings (SSSR count). The van der Waals surface area contributed by atoms with E-state index in [9.17, 15) is 23.2 Å². The molecule has 0 unspecified atom stereocenters. The number of nitrogens with two attached hydrogens (primary N) is 1. The fourth-order valence-electron chi connectivity index (χ4n) is 4.85. The van der Waals surface area contributed by atoms with Crippen LogP contribution in [0.4, 0.5) is 18.3 Å². The first-order valence-electron chi connectivity index (χ1n) is 11.9. The maximum atomic E-state index is 13.3. The first-order chi connectivity index (χ1) is 18.7. The lowest BCUT2D eigenvalue weighted by atomic mass is 9.75. The molecule has 0 fully saturated rings. The molecule has 12 heteroatoms. The Morgan fingerprint density at radius 1 is 1.21 bits per heavy atom. The van der Waals surface area contributed by atoms with Gasteiger partial charge in [0.25, 0.3) is 0 Å². The van der Waals surface area contributed by atoms with E-state index in [1.165, 1.54) is 36.3 Å². The second kappa shape index (κ2) is 10.7. The molecule has 0 spiro atoms. The summed E-state index contributed by atoms with van der Waals surface area (Å²) in [5.41, 5.74) is 8.43. The minimum atomic E-state index is -4.42. The maximum Gasteiger partial charge on any atom is 0.416 e. The molecule has 0 saturated heterocycles. The van der Waals surface area contributed by atoms with Gasteiger partial charge < -0.3 is 10.5 Å². The van der Waals surface area contributed by atoms with E-state index in [1.54, 1.807) is 17.0 Å². The van der Waals surface area contributed by atoms with Gasteiger partial charge in [-0.2, -0.15) is 18.4 Å². The van der Waals surface area contributed by atoms with Crippen molar-refractivity contribution < 1.29 is 22.7 Å². The first kappa shape index (κ1) is 26.8. The van der Waals surface area contributed by atoms with Crippen molar-refractivity contribution in [3.63, 3.8) is 0 Å². The Kier molecular flexibility index (Phi) is 7.38. The number of benzene rings is 2. The smallest absolute Gasteiger partial charge is 0.416 e. The molecule has 0 radical (unpaired) electrons. The van der Waals surface area contributed by atoms with Gasteiger partial charge in [0.15, 0.2) is 10.1 Å². The number of ether oxygens (including phenoxy) is 1. The van der Waals surface area contributed by atoms with Crippen molar-refractivity contribution in [2.45, 2.75) is 41.4 Å². The maximum absolute atomic E-state index is 13.3. The summed E-state index contributed by atoms with van der Waals surface area (Å²) in [6.45, 7) is 0. The fraction of sp³-hybridized carbons (Fsp3) is 0.259. The van der Waals surface area contributed by atoms with Crippen LogP contribution in [0.5, 0.6) is 5.75 Å². The lowest BCUT2D eigenvalue weighted by Crippen LogP contribution is -2.38. The number of thioether (sulfide) groups is 1. The predicted molar refractivity (Wildman–Crippen MR) is 142 cm³/mol. The van der Waals surface area contributed by atoms with Gasteiger partial charge in [-0.05, 0) is 30.5 Å². The van der Waals surface area contributed by atoms with E-state index in [1.807, 2.05) is 18.2 Å². The number of nitriles is 1. The number of carbonyl (C=O) groups excluding carboxylic acids is 1. The summed E-state index contributed by atoms with van der Waals surface area (Å²) in [7, 11) is 1.53. The molecule has 1 aromatic heterocycles. The highest BCUT2D eigenvalue weighted by Gasteiger charge is 2.42. The normalized spacial score (nSPS) is 17.8. The number of anilines is 1. The minimum absolute atomic E-state index is 0.0685. The predicted octanol–water partition coefficient (Wildman–Crippen LogP) is 6.16. The molecule has 2 N–H and O–H groups in total. The lowest BCUT2D eigenvalue weighted by Gasteiger charge is -2.38. The summed E-state index contributed by atoms with van der Waals surface area (Å²) < 4.78 is 45.3. The topological polar surface area (TPSA) is 105 Å². The van der Waals surface area contributed by atoms with Gasteiger partial charge in [0, 0.05) is 29.0 Å². The van der Waals surface area contributed by atoms with Crippen molar-refractivity contribution in [3.8, 4) is 11.8 Å². The lowest BCUT2D eigenvalue weighted by molar-refractivity contribution is -0.137. The van der Waals surface area contributed by atoms with Crippen LogP contribution in [0, 0.1) is 11.3 Å². The molecule has 0 saturated carbocycles. The molecule has 7 nitrogen and oxygen atoms in total.